The Hall–Kier alpha value is -2.81. The first-order chi connectivity index (χ1) is 13.2. The number of rotatable bonds is 8. The standard InChI is InChI=1S/C24H27NO2/c1-4-5-6-7-19-8-13-21(14-9-19)24-23(27-18(2)25-24)17-12-20-10-15-22(26-3)16-11-20/h8-17H,4-7H2,1-3H3/b17-12+. The topological polar surface area (TPSA) is 35.3 Å². The van der Waals surface area contributed by atoms with Crippen molar-refractivity contribution in [3.63, 3.8) is 0 Å². The van der Waals surface area contributed by atoms with Crippen molar-refractivity contribution in [3.8, 4) is 17.0 Å². The Bertz CT molecular complexity index is 874. The van der Waals surface area contributed by atoms with Crippen LogP contribution in [0.15, 0.2) is 52.9 Å². The minimum Gasteiger partial charge on any atom is -0.497 e. The number of ether oxygens (including phenoxy) is 1. The molecule has 0 unspecified atom stereocenters. The average molecular weight is 361 g/mol. The molecule has 1 heterocycles. The number of unbranched alkanes of at least 4 members (excludes halogenated alkanes) is 2. The van der Waals surface area contributed by atoms with Gasteiger partial charge in [-0.25, -0.2) is 4.98 Å². The summed E-state index contributed by atoms with van der Waals surface area (Å²) in [6.07, 6.45) is 8.92. The summed E-state index contributed by atoms with van der Waals surface area (Å²) in [5.74, 6) is 2.30. The zero-order valence-corrected chi connectivity index (χ0v) is 16.4. The third-order valence-corrected chi connectivity index (χ3v) is 4.60. The van der Waals surface area contributed by atoms with Gasteiger partial charge in [-0.15, -0.1) is 0 Å². The summed E-state index contributed by atoms with van der Waals surface area (Å²) in [4.78, 5) is 4.59. The maximum atomic E-state index is 5.82. The van der Waals surface area contributed by atoms with Crippen LogP contribution in [-0.4, -0.2) is 12.1 Å². The van der Waals surface area contributed by atoms with Gasteiger partial charge in [-0.1, -0.05) is 62.2 Å². The molecule has 0 saturated carbocycles. The van der Waals surface area contributed by atoms with E-state index in [4.69, 9.17) is 9.15 Å². The highest BCUT2D eigenvalue weighted by atomic mass is 16.5. The van der Waals surface area contributed by atoms with E-state index in [1.807, 2.05) is 43.3 Å². The molecule has 0 amide bonds. The van der Waals surface area contributed by atoms with Gasteiger partial charge in [0.15, 0.2) is 11.7 Å². The van der Waals surface area contributed by atoms with Crippen LogP contribution in [0.4, 0.5) is 0 Å². The highest BCUT2D eigenvalue weighted by molar-refractivity contribution is 5.76. The summed E-state index contributed by atoms with van der Waals surface area (Å²) in [6.45, 7) is 4.12. The fourth-order valence-corrected chi connectivity index (χ4v) is 3.06. The molecular formula is C24H27NO2. The molecule has 27 heavy (non-hydrogen) atoms. The number of hydrogen-bond acceptors (Lipinski definition) is 3. The summed E-state index contributed by atoms with van der Waals surface area (Å²) < 4.78 is 11.0. The summed E-state index contributed by atoms with van der Waals surface area (Å²) in [5.41, 5.74) is 4.43. The Morgan fingerprint density at radius 2 is 1.70 bits per heavy atom. The van der Waals surface area contributed by atoms with Gasteiger partial charge in [0.05, 0.1) is 7.11 Å². The Balaban J connectivity index is 1.77. The van der Waals surface area contributed by atoms with Crippen LogP contribution in [0.25, 0.3) is 23.4 Å². The first-order valence-electron chi connectivity index (χ1n) is 9.58. The lowest BCUT2D eigenvalue weighted by atomic mass is 10.0. The van der Waals surface area contributed by atoms with Crippen LogP contribution in [0.1, 0.15) is 49.0 Å². The largest absolute Gasteiger partial charge is 0.497 e. The molecule has 0 bridgehead atoms. The smallest absolute Gasteiger partial charge is 0.192 e. The van der Waals surface area contributed by atoms with E-state index in [2.05, 4.69) is 36.2 Å². The minimum atomic E-state index is 0.673. The van der Waals surface area contributed by atoms with Crippen molar-refractivity contribution in [1.82, 2.24) is 4.98 Å². The van der Waals surface area contributed by atoms with E-state index in [0.717, 1.165) is 34.8 Å². The Morgan fingerprint density at radius 1 is 0.963 bits per heavy atom. The van der Waals surface area contributed by atoms with Crippen LogP contribution < -0.4 is 4.74 Å². The molecule has 3 rings (SSSR count). The second-order valence-corrected chi connectivity index (χ2v) is 6.71. The predicted molar refractivity (Wildman–Crippen MR) is 112 cm³/mol. The Kier molecular flexibility index (Phi) is 6.48. The number of nitrogens with zero attached hydrogens (tertiary/aromatic N) is 1. The van der Waals surface area contributed by atoms with Crippen molar-refractivity contribution in [1.29, 1.82) is 0 Å². The van der Waals surface area contributed by atoms with Gasteiger partial charge in [0, 0.05) is 12.5 Å². The second-order valence-electron chi connectivity index (χ2n) is 6.71. The van der Waals surface area contributed by atoms with E-state index in [0.29, 0.717) is 5.89 Å². The summed E-state index contributed by atoms with van der Waals surface area (Å²) in [6, 6.07) is 16.6. The lowest BCUT2D eigenvalue weighted by Gasteiger charge is -2.03. The van der Waals surface area contributed by atoms with Crippen molar-refractivity contribution < 1.29 is 9.15 Å². The zero-order chi connectivity index (χ0) is 19.1. The molecule has 0 fully saturated rings. The third kappa shape index (κ3) is 5.10. The van der Waals surface area contributed by atoms with E-state index in [1.54, 1.807) is 7.11 Å². The molecule has 0 N–H and O–H groups in total. The molecule has 3 heteroatoms. The molecular weight excluding hydrogens is 334 g/mol. The highest BCUT2D eigenvalue weighted by Gasteiger charge is 2.11. The number of oxazole rings is 1. The number of benzene rings is 2. The maximum absolute atomic E-state index is 5.82. The Morgan fingerprint density at radius 3 is 2.37 bits per heavy atom. The molecule has 0 aliphatic heterocycles. The van der Waals surface area contributed by atoms with Gasteiger partial charge in [0.25, 0.3) is 0 Å². The molecule has 0 atom stereocenters. The van der Waals surface area contributed by atoms with E-state index in [-0.39, 0.29) is 0 Å². The van der Waals surface area contributed by atoms with Crippen LogP contribution in [0.2, 0.25) is 0 Å². The lowest BCUT2D eigenvalue weighted by Crippen LogP contribution is -1.87. The molecule has 0 saturated heterocycles. The molecule has 0 aliphatic carbocycles. The zero-order valence-electron chi connectivity index (χ0n) is 16.4. The van der Waals surface area contributed by atoms with Crippen LogP contribution in [-0.2, 0) is 6.42 Å². The fourth-order valence-electron chi connectivity index (χ4n) is 3.06. The molecule has 3 nitrogen and oxygen atoms in total. The molecule has 0 radical (unpaired) electrons. The van der Waals surface area contributed by atoms with Crippen LogP contribution >= 0.6 is 0 Å². The van der Waals surface area contributed by atoms with Crippen molar-refractivity contribution in [3.05, 3.63) is 71.3 Å². The molecule has 0 aliphatic rings. The van der Waals surface area contributed by atoms with Gasteiger partial charge in [-0.3, -0.25) is 0 Å². The van der Waals surface area contributed by atoms with Crippen molar-refractivity contribution >= 4 is 12.2 Å². The van der Waals surface area contributed by atoms with E-state index in [1.165, 1.54) is 24.8 Å². The Labute approximate surface area is 161 Å². The van der Waals surface area contributed by atoms with E-state index in [9.17, 15) is 0 Å². The molecule has 0 spiro atoms. The molecule has 140 valence electrons. The quantitative estimate of drug-likeness (QED) is 0.426. The minimum absolute atomic E-state index is 0.673. The van der Waals surface area contributed by atoms with Gasteiger partial charge in [-0.2, -0.15) is 0 Å². The summed E-state index contributed by atoms with van der Waals surface area (Å²) in [7, 11) is 1.67. The van der Waals surface area contributed by atoms with Gasteiger partial charge in [-0.05, 0) is 42.2 Å². The third-order valence-electron chi connectivity index (χ3n) is 4.60. The van der Waals surface area contributed by atoms with Gasteiger partial charge < -0.3 is 9.15 Å². The van der Waals surface area contributed by atoms with Gasteiger partial charge in [0.2, 0.25) is 0 Å². The van der Waals surface area contributed by atoms with Crippen LogP contribution in [0.5, 0.6) is 5.75 Å². The van der Waals surface area contributed by atoms with Crippen molar-refractivity contribution in [2.75, 3.05) is 7.11 Å². The summed E-state index contributed by atoms with van der Waals surface area (Å²) >= 11 is 0. The van der Waals surface area contributed by atoms with E-state index >= 15 is 0 Å². The first kappa shape index (κ1) is 19.0. The van der Waals surface area contributed by atoms with Crippen molar-refractivity contribution in [2.45, 2.75) is 39.5 Å². The van der Waals surface area contributed by atoms with Crippen molar-refractivity contribution in [2.24, 2.45) is 0 Å². The highest BCUT2D eigenvalue weighted by Crippen LogP contribution is 2.26. The molecule has 2 aromatic carbocycles. The van der Waals surface area contributed by atoms with Gasteiger partial charge >= 0.3 is 0 Å². The normalized spacial score (nSPS) is 11.2. The second kappa shape index (κ2) is 9.22. The number of aryl methyl sites for hydroxylation is 2. The molecule has 3 aromatic rings. The van der Waals surface area contributed by atoms with E-state index < -0.39 is 0 Å². The van der Waals surface area contributed by atoms with Crippen LogP contribution in [0.3, 0.4) is 0 Å². The lowest BCUT2D eigenvalue weighted by molar-refractivity contribution is 0.415. The molecule has 1 aromatic heterocycles. The average Bonchev–Trinajstić information content (AvgIpc) is 3.08. The maximum Gasteiger partial charge on any atom is 0.192 e. The van der Waals surface area contributed by atoms with Crippen LogP contribution in [0, 0.1) is 6.92 Å². The fraction of sp³-hybridized carbons (Fsp3) is 0.292. The number of hydrogen-bond donors (Lipinski definition) is 0. The SMILES string of the molecule is CCCCCc1ccc(-c2nc(C)oc2/C=C/c2ccc(OC)cc2)cc1. The number of methoxy groups -OCH3 is 1. The first-order valence-corrected chi connectivity index (χ1v) is 9.58. The monoisotopic (exact) mass is 361 g/mol. The summed E-state index contributed by atoms with van der Waals surface area (Å²) in [5, 5.41) is 0. The predicted octanol–water partition coefficient (Wildman–Crippen LogP) is 6.56. The van der Waals surface area contributed by atoms with Gasteiger partial charge in [0.1, 0.15) is 11.4 Å². The number of aromatic nitrogens is 1.